The van der Waals surface area contributed by atoms with E-state index in [1.54, 1.807) is 4.99 Å². The van der Waals surface area contributed by atoms with Crippen molar-refractivity contribution >= 4 is 33.7 Å². The van der Waals surface area contributed by atoms with E-state index >= 15 is 0 Å². The van der Waals surface area contributed by atoms with E-state index in [-0.39, 0.29) is 11.7 Å². The van der Waals surface area contributed by atoms with E-state index in [9.17, 15) is 9.59 Å². The zero-order chi connectivity index (χ0) is 15.1. The van der Waals surface area contributed by atoms with Gasteiger partial charge in [-0.2, -0.15) is 0 Å². The van der Waals surface area contributed by atoms with E-state index < -0.39 is 0 Å². The van der Waals surface area contributed by atoms with Crippen LogP contribution in [-0.2, 0) is 4.79 Å². The Kier molecular flexibility index (Phi) is 6.18. The number of rotatable bonds is 6. The molecule has 0 atom stereocenters. The molecule has 0 N–H and O–H groups in total. The standard InChI is InChI=1S/C17H20BrNO2/c18-11-10-14-6-1-2-7-15(14)16(20)8-5-9-17(21)19-12-3-4-13-19/h1-2,6-7,10-11H,3-5,8-9,12-13H2/b11-10+. The van der Waals surface area contributed by atoms with Crippen LogP contribution in [0.15, 0.2) is 29.3 Å². The number of nitrogens with zero attached hydrogens (tertiary/aromatic N) is 1. The molecule has 1 aromatic carbocycles. The van der Waals surface area contributed by atoms with Crippen LogP contribution in [0, 0.1) is 0 Å². The zero-order valence-electron chi connectivity index (χ0n) is 12.1. The quantitative estimate of drug-likeness (QED) is 0.727. The van der Waals surface area contributed by atoms with Gasteiger partial charge >= 0.3 is 0 Å². The number of ketones is 1. The molecular weight excluding hydrogens is 330 g/mol. The maximum Gasteiger partial charge on any atom is 0.222 e. The molecule has 3 nitrogen and oxygen atoms in total. The Morgan fingerprint density at radius 2 is 1.86 bits per heavy atom. The van der Waals surface area contributed by atoms with Gasteiger partial charge in [0.15, 0.2) is 5.78 Å². The maximum absolute atomic E-state index is 12.3. The first kappa shape index (κ1) is 16.0. The number of amides is 1. The number of carbonyl (C=O) groups excluding carboxylic acids is 2. The van der Waals surface area contributed by atoms with Crippen LogP contribution in [-0.4, -0.2) is 29.7 Å². The highest BCUT2D eigenvalue weighted by atomic mass is 79.9. The average molecular weight is 350 g/mol. The van der Waals surface area contributed by atoms with Crippen LogP contribution in [0.2, 0.25) is 0 Å². The molecule has 1 heterocycles. The van der Waals surface area contributed by atoms with E-state index in [2.05, 4.69) is 15.9 Å². The van der Waals surface area contributed by atoms with E-state index in [1.165, 1.54) is 0 Å². The van der Waals surface area contributed by atoms with Crippen molar-refractivity contribution in [3.05, 3.63) is 40.4 Å². The third-order valence-electron chi connectivity index (χ3n) is 3.76. The summed E-state index contributed by atoms with van der Waals surface area (Å²) in [6, 6.07) is 7.54. The molecule has 112 valence electrons. The molecule has 1 aromatic rings. The fraction of sp³-hybridized carbons (Fsp3) is 0.412. The topological polar surface area (TPSA) is 37.4 Å². The van der Waals surface area contributed by atoms with Gasteiger partial charge < -0.3 is 4.90 Å². The van der Waals surface area contributed by atoms with Gasteiger partial charge in [-0.1, -0.05) is 40.2 Å². The Morgan fingerprint density at radius 1 is 1.14 bits per heavy atom. The SMILES string of the molecule is O=C(CCCC(=O)N1CCCC1)c1ccccc1/C=C/Br. The van der Waals surface area contributed by atoms with E-state index in [0.717, 1.165) is 37.1 Å². The minimum Gasteiger partial charge on any atom is -0.343 e. The van der Waals surface area contributed by atoms with Gasteiger partial charge in [0.05, 0.1) is 0 Å². The van der Waals surface area contributed by atoms with Gasteiger partial charge in [0.25, 0.3) is 0 Å². The fourth-order valence-corrected chi connectivity index (χ4v) is 2.91. The lowest BCUT2D eigenvalue weighted by molar-refractivity contribution is -0.130. The van der Waals surface area contributed by atoms with Crippen molar-refractivity contribution in [3.63, 3.8) is 0 Å². The van der Waals surface area contributed by atoms with Crippen molar-refractivity contribution in [2.24, 2.45) is 0 Å². The lowest BCUT2D eigenvalue weighted by atomic mass is 10.00. The summed E-state index contributed by atoms with van der Waals surface area (Å²) in [6.45, 7) is 1.76. The molecule has 4 heteroatoms. The smallest absolute Gasteiger partial charge is 0.222 e. The van der Waals surface area contributed by atoms with Gasteiger partial charge in [-0.05, 0) is 35.9 Å². The second kappa shape index (κ2) is 8.13. The highest BCUT2D eigenvalue weighted by Gasteiger charge is 2.18. The number of benzene rings is 1. The summed E-state index contributed by atoms with van der Waals surface area (Å²) in [5.41, 5.74) is 1.63. The summed E-state index contributed by atoms with van der Waals surface area (Å²) in [5.74, 6) is 0.291. The number of halogens is 1. The van der Waals surface area contributed by atoms with Gasteiger partial charge in [0.1, 0.15) is 0 Å². The Hall–Kier alpha value is -1.42. The molecule has 1 fully saturated rings. The average Bonchev–Trinajstić information content (AvgIpc) is 3.02. The first-order valence-electron chi connectivity index (χ1n) is 7.39. The third-order valence-corrected chi connectivity index (χ3v) is 4.02. The van der Waals surface area contributed by atoms with E-state index in [1.807, 2.05) is 35.2 Å². The van der Waals surface area contributed by atoms with Crippen LogP contribution in [0.5, 0.6) is 0 Å². The molecule has 2 rings (SSSR count). The van der Waals surface area contributed by atoms with Crippen molar-refractivity contribution in [3.8, 4) is 0 Å². The highest BCUT2D eigenvalue weighted by molar-refractivity contribution is 9.11. The maximum atomic E-state index is 12.3. The van der Waals surface area contributed by atoms with Crippen molar-refractivity contribution < 1.29 is 9.59 Å². The lowest BCUT2D eigenvalue weighted by Crippen LogP contribution is -2.27. The largest absolute Gasteiger partial charge is 0.343 e. The number of hydrogen-bond acceptors (Lipinski definition) is 2. The molecule has 1 aliphatic rings. The summed E-state index contributed by atoms with van der Waals surface area (Å²) in [5, 5.41) is 0. The second-order valence-electron chi connectivity index (χ2n) is 5.24. The summed E-state index contributed by atoms with van der Waals surface area (Å²) >= 11 is 3.24. The second-order valence-corrected chi connectivity index (χ2v) is 5.77. The van der Waals surface area contributed by atoms with Gasteiger partial charge in [0, 0.05) is 31.5 Å². The first-order valence-corrected chi connectivity index (χ1v) is 8.30. The predicted octanol–water partition coefficient (Wildman–Crippen LogP) is 4.03. The Balaban J connectivity index is 1.86. The number of Topliss-reactive ketones (excluding diaryl/α,β-unsaturated/α-hetero) is 1. The van der Waals surface area contributed by atoms with Gasteiger partial charge in [-0.25, -0.2) is 0 Å². The molecule has 1 aliphatic heterocycles. The minimum absolute atomic E-state index is 0.102. The van der Waals surface area contributed by atoms with Crippen LogP contribution in [0.1, 0.15) is 48.0 Å². The summed E-state index contributed by atoms with van der Waals surface area (Å²) in [7, 11) is 0. The van der Waals surface area contributed by atoms with Crippen LogP contribution < -0.4 is 0 Å². The Bertz CT molecular complexity index is 533. The monoisotopic (exact) mass is 349 g/mol. The molecule has 0 spiro atoms. The molecular formula is C17H20BrNO2. The summed E-state index contributed by atoms with van der Waals surface area (Å²) in [6.07, 6.45) is 5.60. The van der Waals surface area contributed by atoms with Gasteiger partial charge in [-0.15, -0.1) is 0 Å². The van der Waals surface area contributed by atoms with E-state index in [0.29, 0.717) is 19.3 Å². The fourth-order valence-electron chi connectivity index (χ4n) is 2.62. The van der Waals surface area contributed by atoms with E-state index in [4.69, 9.17) is 0 Å². The Labute approximate surface area is 134 Å². The van der Waals surface area contributed by atoms with Crippen LogP contribution >= 0.6 is 15.9 Å². The highest BCUT2D eigenvalue weighted by Crippen LogP contribution is 2.16. The van der Waals surface area contributed by atoms with Crippen molar-refractivity contribution in [2.45, 2.75) is 32.1 Å². The molecule has 0 unspecified atom stereocenters. The van der Waals surface area contributed by atoms with Crippen LogP contribution in [0.3, 0.4) is 0 Å². The van der Waals surface area contributed by atoms with Crippen molar-refractivity contribution in [2.75, 3.05) is 13.1 Å². The summed E-state index contributed by atoms with van der Waals surface area (Å²) in [4.78, 5) is 27.9. The summed E-state index contributed by atoms with van der Waals surface area (Å²) < 4.78 is 0. The minimum atomic E-state index is 0.102. The molecule has 0 bridgehead atoms. The van der Waals surface area contributed by atoms with Crippen LogP contribution in [0.4, 0.5) is 0 Å². The molecule has 0 saturated carbocycles. The number of likely N-dealkylation sites (tertiary alicyclic amines) is 1. The first-order chi connectivity index (χ1) is 10.2. The molecule has 21 heavy (non-hydrogen) atoms. The van der Waals surface area contributed by atoms with Crippen molar-refractivity contribution in [1.82, 2.24) is 4.90 Å². The molecule has 1 amide bonds. The predicted molar refractivity (Wildman–Crippen MR) is 88.4 cm³/mol. The molecule has 0 aromatic heterocycles. The third kappa shape index (κ3) is 4.53. The van der Waals surface area contributed by atoms with Gasteiger partial charge in [0.2, 0.25) is 5.91 Å². The number of hydrogen-bond donors (Lipinski definition) is 0. The van der Waals surface area contributed by atoms with Crippen LogP contribution in [0.25, 0.3) is 6.08 Å². The molecule has 0 aliphatic carbocycles. The van der Waals surface area contributed by atoms with Gasteiger partial charge in [-0.3, -0.25) is 9.59 Å². The van der Waals surface area contributed by atoms with Crippen molar-refractivity contribution in [1.29, 1.82) is 0 Å². The zero-order valence-corrected chi connectivity index (χ0v) is 13.6. The lowest BCUT2D eigenvalue weighted by Gasteiger charge is -2.14. The normalized spacial score (nSPS) is 14.8. The molecule has 0 radical (unpaired) electrons. The number of carbonyl (C=O) groups is 2. The Morgan fingerprint density at radius 3 is 2.57 bits per heavy atom. The molecule has 1 saturated heterocycles.